The van der Waals surface area contributed by atoms with E-state index < -0.39 is 24.5 Å². The van der Waals surface area contributed by atoms with E-state index >= 15 is 0 Å². The molecular formula is C10H10Cl2N2O4. The highest BCUT2D eigenvalue weighted by Crippen LogP contribution is 2.28. The number of aliphatic carboxylic acids is 1. The molecule has 0 radical (unpaired) electrons. The third-order valence-corrected chi connectivity index (χ3v) is 2.75. The Morgan fingerprint density at radius 3 is 2.22 bits per heavy atom. The van der Waals surface area contributed by atoms with Gasteiger partial charge in [-0.25, -0.2) is 4.79 Å². The Kier molecular flexibility index (Phi) is 4.77. The lowest BCUT2D eigenvalue weighted by Crippen LogP contribution is -2.43. The number of benzene rings is 1. The second-order valence-corrected chi connectivity index (χ2v) is 4.21. The summed E-state index contributed by atoms with van der Waals surface area (Å²) >= 11 is 11.5. The van der Waals surface area contributed by atoms with Crippen molar-refractivity contribution in [3.63, 3.8) is 0 Å². The maximum Gasteiger partial charge on any atom is 0.328 e. The smallest absolute Gasteiger partial charge is 0.328 e. The number of anilines is 1. The van der Waals surface area contributed by atoms with Crippen LogP contribution in [0.5, 0.6) is 0 Å². The van der Waals surface area contributed by atoms with Crippen LogP contribution in [0.25, 0.3) is 0 Å². The third-order valence-electron chi connectivity index (χ3n) is 2.13. The van der Waals surface area contributed by atoms with Crippen LogP contribution in [0.15, 0.2) is 12.1 Å². The molecule has 0 fully saturated rings. The summed E-state index contributed by atoms with van der Waals surface area (Å²) in [6, 6.07) is 1.12. The number of aliphatic hydroxyl groups is 1. The van der Waals surface area contributed by atoms with Gasteiger partial charge in [-0.3, -0.25) is 4.79 Å². The molecule has 8 heteroatoms. The summed E-state index contributed by atoms with van der Waals surface area (Å²) in [7, 11) is 0. The van der Waals surface area contributed by atoms with E-state index in [4.69, 9.17) is 39.1 Å². The van der Waals surface area contributed by atoms with Crippen LogP contribution < -0.4 is 11.1 Å². The van der Waals surface area contributed by atoms with Crippen molar-refractivity contribution in [2.24, 2.45) is 0 Å². The molecule has 18 heavy (non-hydrogen) atoms. The van der Waals surface area contributed by atoms with Crippen LogP contribution in [0.4, 0.5) is 5.69 Å². The number of hydrogen-bond donors (Lipinski definition) is 4. The largest absolute Gasteiger partial charge is 0.480 e. The predicted molar refractivity (Wildman–Crippen MR) is 66.9 cm³/mol. The van der Waals surface area contributed by atoms with Crippen LogP contribution in [-0.2, 0) is 4.79 Å². The molecule has 1 amide bonds. The molecular weight excluding hydrogens is 283 g/mol. The minimum absolute atomic E-state index is 0.0545. The van der Waals surface area contributed by atoms with E-state index in [1.54, 1.807) is 0 Å². The number of nitrogens with one attached hydrogen (secondary N) is 1. The highest BCUT2D eigenvalue weighted by atomic mass is 35.5. The van der Waals surface area contributed by atoms with Crippen LogP contribution in [0.2, 0.25) is 10.0 Å². The molecule has 1 atom stereocenters. The molecule has 1 aromatic rings. The van der Waals surface area contributed by atoms with E-state index in [1.807, 2.05) is 0 Å². The summed E-state index contributed by atoms with van der Waals surface area (Å²) in [4.78, 5) is 22.3. The van der Waals surface area contributed by atoms with Gasteiger partial charge in [0.1, 0.15) is 0 Å². The van der Waals surface area contributed by atoms with E-state index in [1.165, 1.54) is 12.1 Å². The number of carboxylic acids is 1. The Hall–Kier alpha value is -1.50. The van der Waals surface area contributed by atoms with Crippen molar-refractivity contribution in [2.45, 2.75) is 6.04 Å². The molecule has 0 bridgehead atoms. The van der Waals surface area contributed by atoms with Gasteiger partial charge in [0, 0.05) is 5.56 Å². The van der Waals surface area contributed by atoms with E-state index in [-0.39, 0.29) is 21.3 Å². The minimum Gasteiger partial charge on any atom is -0.480 e. The number of carboxylic acid groups (broad SMARTS) is 1. The van der Waals surface area contributed by atoms with Gasteiger partial charge in [-0.1, -0.05) is 23.2 Å². The number of hydrogen-bond acceptors (Lipinski definition) is 4. The molecule has 0 saturated heterocycles. The molecule has 1 unspecified atom stereocenters. The fourth-order valence-electron chi connectivity index (χ4n) is 1.14. The van der Waals surface area contributed by atoms with Crippen LogP contribution in [0.3, 0.4) is 0 Å². The highest BCUT2D eigenvalue weighted by molar-refractivity contribution is 6.39. The fraction of sp³-hybridized carbons (Fsp3) is 0.200. The van der Waals surface area contributed by atoms with Crippen molar-refractivity contribution < 1.29 is 19.8 Å². The first-order chi connectivity index (χ1) is 8.36. The zero-order valence-electron chi connectivity index (χ0n) is 8.98. The topological polar surface area (TPSA) is 113 Å². The number of rotatable bonds is 4. The number of carbonyl (C=O) groups excluding carboxylic acids is 1. The third kappa shape index (κ3) is 3.25. The lowest BCUT2D eigenvalue weighted by molar-refractivity contribution is -0.140. The number of carbonyl (C=O) groups is 2. The summed E-state index contributed by atoms with van der Waals surface area (Å²) in [6.45, 7) is -0.725. The lowest BCUT2D eigenvalue weighted by Gasteiger charge is -2.12. The van der Waals surface area contributed by atoms with Crippen molar-refractivity contribution in [2.75, 3.05) is 12.3 Å². The summed E-state index contributed by atoms with van der Waals surface area (Å²) in [5, 5.41) is 19.7. The molecule has 0 aliphatic rings. The van der Waals surface area contributed by atoms with Crippen LogP contribution in [-0.4, -0.2) is 34.7 Å². The van der Waals surface area contributed by atoms with Gasteiger partial charge < -0.3 is 21.3 Å². The monoisotopic (exact) mass is 292 g/mol. The Morgan fingerprint density at radius 2 is 1.83 bits per heavy atom. The van der Waals surface area contributed by atoms with E-state index in [0.29, 0.717) is 0 Å². The molecule has 1 rings (SSSR count). The van der Waals surface area contributed by atoms with Crippen LogP contribution >= 0.6 is 23.2 Å². The standard InChI is InChI=1S/C10H10Cl2N2O4/c11-5-1-4(2-6(12)8(5)13)9(16)14-7(3-15)10(17)18/h1-2,7,15H,3,13H2,(H,14,16)(H,17,18). The number of amides is 1. The maximum absolute atomic E-state index is 11.7. The summed E-state index contributed by atoms with van der Waals surface area (Å²) in [6.07, 6.45) is 0. The van der Waals surface area contributed by atoms with Gasteiger partial charge in [-0.05, 0) is 12.1 Å². The molecule has 0 heterocycles. The van der Waals surface area contributed by atoms with Gasteiger partial charge in [0.25, 0.3) is 5.91 Å². The molecule has 0 aliphatic carbocycles. The van der Waals surface area contributed by atoms with Crippen molar-refractivity contribution in [1.82, 2.24) is 5.32 Å². The average molecular weight is 293 g/mol. The molecule has 6 nitrogen and oxygen atoms in total. The van der Waals surface area contributed by atoms with E-state index in [9.17, 15) is 9.59 Å². The molecule has 0 aromatic heterocycles. The molecule has 0 aliphatic heterocycles. The Labute approximate surface area is 112 Å². The highest BCUT2D eigenvalue weighted by Gasteiger charge is 2.20. The lowest BCUT2D eigenvalue weighted by atomic mass is 10.1. The van der Waals surface area contributed by atoms with E-state index in [2.05, 4.69) is 5.32 Å². The Bertz CT molecular complexity index is 470. The molecule has 98 valence electrons. The SMILES string of the molecule is Nc1c(Cl)cc(C(=O)NC(CO)C(=O)O)cc1Cl. The number of aliphatic hydroxyl groups excluding tert-OH is 1. The number of nitrogens with two attached hydrogens (primary N) is 1. The van der Waals surface area contributed by atoms with Gasteiger partial charge in [0.2, 0.25) is 0 Å². The predicted octanol–water partition coefficient (Wildman–Crippen LogP) is 0.751. The fourth-order valence-corrected chi connectivity index (χ4v) is 1.63. The first-order valence-electron chi connectivity index (χ1n) is 4.76. The van der Waals surface area contributed by atoms with Crippen molar-refractivity contribution in [3.05, 3.63) is 27.7 Å². The van der Waals surface area contributed by atoms with Gasteiger partial charge >= 0.3 is 5.97 Å². The van der Waals surface area contributed by atoms with Gasteiger partial charge in [-0.2, -0.15) is 0 Å². The second kappa shape index (κ2) is 5.90. The minimum atomic E-state index is -1.40. The number of halogens is 2. The Balaban J connectivity index is 2.94. The summed E-state index contributed by atoms with van der Waals surface area (Å²) in [5.41, 5.74) is 5.68. The summed E-state index contributed by atoms with van der Waals surface area (Å²) in [5.74, 6) is -2.07. The van der Waals surface area contributed by atoms with Crippen LogP contribution in [0, 0.1) is 0 Å². The van der Waals surface area contributed by atoms with Crippen LogP contribution in [0.1, 0.15) is 10.4 Å². The van der Waals surface area contributed by atoms with Crippen molar-refractivity contribution in [3.8, 4) is 0 Å². The van der Waals surface area contributed by atoms with Gasteiger partial charge in [0.05, 0.1) is 22.3 Å². The molecule has 5 N–H and O–H groups in total. The normalized spacial score (nSPS) is 11.9. The quantitative estimate of drug-likeness (QED) is 0.612. The van der Waals surface area contributed by atoms with Crippen molar-refractivity contribution in [1.29, 1.82) is 0 Å². The van der Waals surface area contributed by atoms with Gasteiger partial charge in [-0.15, -0.1) is 0 Å². The van der Waals surface area contributed by atoms with E-state index in [0.717, 1.165) is 0 Å². The Morgan fingerprint density at radius 1 is 1.33 bits per heavy atom. The molecule has 0 saturated carbocycles. The number of nitrogen functional groups attached to an aromatic ring is 1. The van der Waals surface area contributed by atoms with Gasteiger partial charge in [0.15, 0.2) is 6.04 Å². The second-order valence-electron chi connectivity index (χ2n) is 3.40. The first kappa shape index (κ1) is 14.6. The molecule has 1 aromatic carbocycles. The maximum atomic E-state index is 11.7. The first-order valence-corrected chi connectivity index (χ1v) is 5.51. The van der Waals surface area contributed by atoms with Crippen molar-refractivity contribution >= 4 is 40.8 Å². The average Bonchev–Trinajstić information content (AvgIpc) is 2.31. The zero-order valence-corrected chi connectivity index (χ0v) is 10.5. The zero-order chi connectivity index (χ0) is 13.9. The summed E-state index contributed by atoms with van der Waals surface area (Å²) < 4.78 is 0. The molecule has 0 spiro atoms.